The Hall–Kier alpha value is -5.06. The number of halogens is 1. The molecule has 4 aromatic rings. The highest BCUT2D eigenvalue weighted by Gasteiger charge is 2.22. The van der Waals surface area contributed by atoms with E-state index in [1.54, 1.807) is 18.2 Å². The summed E-state index contributed by atoms with van der Waals surface area (Å²) in [6, 6.07) is 18.7. The monoisotopic (exact) mass is 573 g/mol. The van der Waals surface area contributed by atoms with Crippen LogP contribution in [0.4, 0.5) is 14.9 Å². The normalized spacial score (nSPS) is 12.3. The number of fused-ring (bicyclic) bond motifs is 5. The first-order valence-corrected chi connectivity index (χ1v) is 13.7. The number of hydrogen-bond acceptors (Lipinski definition) is 6. The van der Waals surface area contributed by atoms with Crippen molar-refractivity contribution in [3.05, 3.63) is 83.7 Å². The van der Waals surface area contributed by atoms with Crippen LogP contribution in [-0.2, 0) is 27.5 Å². The van der Waals surface area contributed by atoms with Gasteiger partial charge in [-0.05, 0) is 48.7 Å². The van der Waals surface area contributed by atoms with Gasteiger partial charge < -0.3 is 35.7 Å². The molecule has 3 amide bonds. The Morgan fingerprint density at radius 3 is 2.69 bits per heavy atom. The number of ether oxygens (including phenoxy) is 2. The number of H-pyrrole nitrogens is 1. The molecule has 0 saturated carbocycles. The van der Waals surface area contributed by atoms with Gasteiger partial charge in [-0.2, -0.15) is 0 Å². The number of carbonyl (C=O) groups excluding carboxylic acids is 3. The number of carbonyl (C=O) groups is 3. The predicted octanol–water partition coefficient (Wildman–Crippen LogP) is 4.22. The average molecular weight is 574 g/mol. The maximum Gasteiger partial charge on any atom is 0.407 e. The van der Waals surface area contributed by atoms with Crippen LogP contribution in [0.25, 0.3) is 22.2 Å². The first kappa shape index (κ1) is 28.5. The van der Waals surface area contributed by atoms with Crippen LogP contribution in [0.3, 0.4) is 0 Å². The molecule has 1 aliphatic rings. The molecule has 0 fully saturated rings. The highest BCUT2D eigenvalue weighted by molar-refractivity contribution is 5.95. The van der Waals surface area contributed by atoms with Crippen molar-refractivity contribution in [2.24, 2.45) is 0 Å². The molecule has 1 atom stereocenters. The number of alkyl carbamates (subject to hydrolysis) is 1. The maximum absolute atomic E-state index is 13.8. The molecule has 0 unspecified atom stereocenters. The lowest BCUT2D eigenvalue weighted by atomic mass is 9.99. The van der Waals surface area contributed by atoms with E-state index in [0.717, 1.165) is 39.0 Å². The van der Waals surface area contributed by atoms with Gasteiger partial charge >= 0.3 is 6.09 Å². The van der Waals surface area contributed by atoms with Gasteiger partial charge in [0.25, 0.3) is 5.91 Å². The quantitative estimate of drug-likeness (QED) is 0.171. The van der Waals surface area contributed by atoms with Crippen LogP contribution in [0, 0.1) is 5.82 Å². The lowest BCUT2D eigenvalue weighted by Gasteiger charge is -2.20. The summed E-state index contributed by atoms with van der Waals surface area (Å²) in [6.07, 6.45) is 0.199. The van der Waals surface area contributed by atoms with Crippen molar-refractivity contribution in [3.8, 4) is 17.0 Å². The number of benzene rings is 3. The molecule has 0 spiro atoms. The molecule has 5 rings (SSSR count). The second-order valence-corrected chi connectivity index (χ2v) is 9.88. The molecule has 5 N–H and O–H groups in total. The van der Waals surface area contributed by atoms with Crippen LogP contribution in [0.2, 0.25) is 0 Å². The van der Waals surface area contributed by atoms with Crippen molar-refractivity contribution in [2.45, 2.75) is 32.0 Å². The Morgan fingerprint density at radius 1 is 1.05 bits per heavy atom. The molecule has 1 aliphatic heterocycles. The van der Waals surface area contributed by atoms with Gasteiger partial charge in [-0.3, -0.25) is 9.59 Å². The van der Waals surface area contributed by atoms with Gasteiger partial charge in [0.05, 0.1) is 5.69 Å². The molecule has 0 radical (unpaired) electrons. The van der Waals surface area contributed by atoms with Gasteiger partial charge in [0.2, 0.25) is 5.91 Å². The molecule has 10 nitrogen and oxygen atoms in total. The van der Waals surface area contributed by atoms with E-state index in [2.05, 4.69) is 26.3 Å². The van der Waals surface area contributed by atoms with E-state index in [9.17, 15) is 18.8 Å². The van der Waals surface area contributed by atoms with E-state index >= 15 is 0 Å². The van der Waals surface area contributed by atoms with Gasteiger partial charge in [0.15, 0.2) is 6.61 Å². The summed E-state index contributed by atoms with van der Waals surface area (Å²) >= 11 is 0. The minimum atomic E-state index is -0.788. The third kappa shape index (κ3) is 6.80. The fraction of sp³-hybridized carbons (Fsp3) is 0.258. The number of aromatic amines is 1. The summed E-state index contributed by atoms with van der Waals surface area (Å²) < 4.78 is 24.7. The van der Waals surface area contributed by atoms with E-state index in [4.69, 9.17) is 9.47 Å². The van der Waals surface area contributed by atoms with E-state index in [0.29, 0.717) is 25.1 Å². The van der Waals surface area contributed by atoms with E-state index in [1.807, 2.05) is 36.4 Å². The molecule has 3 aromatic carbocycles. The third-order valence-electron chi connectivity index (χ3n) is 7.00. The summed E-state index contributed by atoms with van der Waals surface area (Å²) in [5.74, 6) is -0.602. The van der Waals surface area contributed by atoms with Crippen LogP contribution in [0.5, 0.6) is 5.75 Å². The number of likely N-dealkylation sites (N-methyl/N-ethyl adjacent to an activating group) is 1. The fourth-order valence-electron chi connectivity index (χ4n) is 4.89. The minimum absolute atomic E-state index is 0.162. The Morgan fingerprint density at radius 2 is 1.88 bits per heavy atom. The number of rotatable bonds is 11. The SMILES string of the molecule is CNC(=O)[C@@H](CCCNC(=O)OCc1ccccc1)NC(=O)COc1ccc2c(c1)NCc1c-2[nH]c2ccc(F)cc12. The summed E-state index contributed by atoms with van der Waals surface area (Å²) in [5.41, 5.74) is 5.39. The Kier molecular flexibility index (Phi) is 8.86. The number of hydrogen-bond donors (Lipinski definition) is 5. The van der Waals surface area contributed by atoms with Crippen molar-refractivity contribution >= 4 is 34.5 Å². The molecule has 218 valence electrons. The van der Waals surface area contributed by atoms with Crippen molar-refractivity contribution in [3.63, 3.8) is 0 Å². The molecular weight excluding hydrogens is 541 g/mol. The molecule has 0 bridgehead atoms. The minimum Gasteiger partial charge on any atom is -0.484 e. The van der Waals surface area contributed by atoms with Crippen molar-refractivity contribution in [1.29, 1.82) is 0 Å². The molecule has 0 saturated heterocycles. The van der Waals surface area contributed by atoms with Crippen LogP contribution < -0.4 is 26.0 Å². The van der Waals surface area contributed by atoms with Crippen LogP contribution >= 0.6 is 0 Å². The summed E-state index contributed by atoms with van der Waals surface area (Å²) in [7, 11) is 1.49. The van der Waals surface area contributed by atoms with Crippen LogP contribution in [0.15, 0.2) is 66.7 Å². The van der Waals surface area contributed by atoms with E-state index < -0.39 is 18.0 Å². The Bertz CT molecular complexity index is 1590. The summed E-state index contributed by atoms with van der Waals surface area (Å²) in [5, 5.41) is 12.1. The molecule has 2 heterocycles. The zero-order valence-electron chi connectivity index (χ0n) is 23.1. The molecular formula is C31H32FN5O5. The second-order valence-electron chi connectivity index (χ2n) is 9.88. The zero-order chi connectivity index (χ0) is 29.5. The van der Waals surface area contributed by atoms with Crippen LogP contribution in [-0.4, -0.2) is 49.1 Å². The van der Waals surface area contributed by atoms with E-state index in [-0.39, 0.29) is 31.5 Å². The predicted molar refractivity (Wildman–Crippen MR) is 156 cm³/mol. The van der Waals surface area contributed by atoms with Gasteiger partial charge in [-0.25, -0.2) is 9.18 Å². The Labute approximate surface area is 242 Å². The molecule has 42 heavy (non-hydrogen) atoms. The molecule has 0 aliphatic carbocycles. The average Bonchev–Trinajstić information content (AvgIpc) is 3.38. The van der Waals surface area contributed by atoms with Crippen molar-refractivity contribution < 1.29 is 28.2 Å². The number of nitrogens with one attached hydrogen (secondary N) is 5. The largest absolute Gasteiger partial charge is 0.484 e. The number of anilines is 1. The summed E-state index contributed by atoms with van der Waals surface area (Å²) in [6.45, 7) is 0.675. The second kappa shape index (κ2) is 13.1. The lowest BCUT2D eigenvalue weighted by Crippen LogP contribution is -2.47. The lowest BCUT2D eigenvalue weighted by molar-refractivity contribution is -0.129. The standard InChI is InChI=1S/C31H32FN5O5/c1-33-30(39)26(8-5-13-34-31(40)42-17-19-6-3-2-4-7-19)36-28(38)18-41-21-10-11-22-27(15-21)35-16-24-23-14-20(32)9-12-25(23)37-29(22)24/h2-4,6-7,9-12,14-15,26,35,37H,5,8,13,16-18H2,1H3,(H,33,39)(H,34,40)(H,36,38)/t26-/m1/s1. The van der Waals surface area contributed by atoms with Gasteiger partial charge in [0.1, 0.15) is 24.2 Å². The Balaban J connectivity index is 1.10. The highest BCUT2D eigenvalue weighted by atomic mass is 19.1. The number of aromatic nitrogens is 1. The molecule has 11 heteroatoms. The number of amides is 3. The first-order valence-electron chi connectivity index (χ1n) is 13.7. The fourth-order valence-corrected chi connectivity index (χ4v) is 4.89. The maximum atomic E-state index is 13.8. The van der Waals surface area contributed by atoms with Gasteiger partial charge in [-0.15, -0.1) is 0 Å². The van der Waals surface area contributed by atoms with Gasteiger partial charge in [-0.1, -0.05) is 30.3 Å². The molecule has 1 aromatic heterocycles. The summed E-state index contributed by atoms with van der Waals surface area (Å²) in [4.78, 5) is 40.3. The first-order chi connectivity index (χ1) is 20.4. The highest BCUT2D eigenvalue weighted by Crippen LogP contribution is 2.40. The topological polar surface area (TPSA) is 134 Å². The van der Waals surface area contributed by atoms with Crippen molar-refractivity contribution in [1.82, 2.24) is 20.9 Å². The zero-order valence-corrected chi connectivity index (χ0v) is 23.1. The third-order valence-corrected chi connectivity index (χ3v) is 7.00. The van der Waals surface area contributed by atoms with Crippen molar-refractivity contribution in [2.75, 3.05) is 25.5 Å². The van der Waals surface area contributed by atoms with E-state index in [1.165, 1.54) is 19.2 Å². The van der Waals surface area contributed by atoms with Crippen LogP contribution in [0.1, 0.15) is 24.0 Å². The smallest absolute Gasteiger partial charge is 0.407 e. The van der Waals surface area contributed by atoms with Gasteiger partial charge in [0, 0.05) is 53.9 Å².